The third-order valence-corrected chi connectivity index (χ3v) is 7.80. The number of ether oxygens (including phenoxy) is 1. The number of nitrogens with zero attached hydrogens (tertiary/aromatic N) is 4. The number of amides is 1. The van der Waals surface area contributed by atoms with E-state index in [9.17, 15) is 32.8 Å². The van der Waals surface area contributed by atoms with E-state index in [4.69, 9.17) is 4.74 Å². The van der Waals surface area contributed by atoms with Crippen molar-refractivity contribution >= 4 is 6.09 Å². The minimum atomic E-state index is -4.54. The van der Waals surface area contributed by atoms with Crippen LogP contribution in [0.3, 0.4) is 0 Å². The molecule has 0 radical (unpaired) electrons. The van der Waals surface area contributed by atoms with Crippen LogP contribution in [0.4, 0.5) is 18.0 Å². The van der Waals surface area contributed by atoms with Crippen LogP contribution in [0.25, 0.3) is 0 Å². The molecule has 190 valence electrons. The van der Waals surface area contributed by atoms with E-state index in [-0.39, 0.29) is 47.8 Å². The molecule has 11 heteroatoms. The van der Waals surface area contributed by atoms with Crippen molar-refractivity contribution < 1.29 is 22.7 Å². The minimum Gasteiger partial charge on any atom is -0.448 e. The number of halogens is 3. The summed E-state index contributed by atoms with van der Waals surface area (Å²) in [4.78, 5) is 40.7. The number of fused-ring (bicyclic) bond motifs is 1. The topological polar surface area (TPSA) is 97.3 Å². The van der Waals surface area contributed by atoms with Gasteiger partial charge in [-0.05, 0) is 62.6 Å². The Labute approximate surface area is 204 Å². The van der Waals surface area contributed by atoms with Gasteiger partial charge in [-0.2, -0.15) is 18.4 Å². The van der Waals surface area contributed by atoms with Crippen molar-refractivity contribution in [2.45, 2.75) is 69.8 Å². The van der Waals surface area contributed by atoms with Crippen LogP contribution in [0.15, 0.2) is 27.8 Å². The van der Waals surface area contributed by atoms with E-state index in [1.165, 1.54) is 16.7 Å². The number of hydrogen-bond acceptors (Lipinski definition) is 5. The highest BCUT2D eigenvalue weighted by molar-refractivity contribution is 5.69. The third kappa shape index (κ3) is 3.79. The van der Waals surface area contributed by atoms with Gasteiger partial charge in [-0.15, -0.1) is 0 Å². The van der Waals surface area contributed by atoms with Crippen molar-refractivity contribution in [2.24, 2.45) is 0 Å². The molecular formula is C25H25F3N4O4. The van der Waals surface area contributed by atoms with Crippen LogP contribution in [0.5, 0.6) is 0 Å². The zero-order valence-electron chi connectivity index (χ0n) is 19.7. The monoisotopic (exact) mass is 502 g/mol. The second-order valence-electron chi connectivity index (χ2n) is 9.60. The molecule has 2 aromatic rings. The number of cyclic esters (lactones) is 1. The molecule has 3 aliphatic rings. The first-order valence-electron chi connectivity index (χ1n) is 12.0. The summed E-state index contributed by atoms with van der Waals surface area (Å²) in [6, 6.07) is 4.54. The number of rotatable bonds is 3. The summed E-state index contributed by atoms with van der Waals surface area (Å²) in [5.41, 5.74) is -1.70. The molecule has 0 spiro atoms. The molecule has 2 heterocycles. The predicted octanol–water partition coefficient (Wildman–Crippen LogP) is 3.68. The van der Waals surface area contributed by atoms with Gasteiger partial charge in [0.15, 0.2) is 0 Å². The van der Waals surface area contributed by atoms with E-state index in [2.05, 4.69) is 0 Å². The first kappa shape index (κ1) is 24.2. The summed E-state index contributed by atoms with van der Waals surface area (Å²) in [7, 11) is 0. The molecule has 2 fully saturated rings. The fourth-order valence-electron chi connectivity index (χ4n) is 6.11. The lowest BCUT2D eigenvalue weighted by atomic mass is 9.89. The van der Waals surface area contributed by atoms with Crippen molar-refractivity contribution in [3.63, 3.8) is 0 Å². The normalized spacial score (nSPS) is 23.9. The summed E-state index contributed by atoms with van der Waals surface area (Å²) in [5.74, 6) is 0. The summed E-state index contributed by atoms with van der Waals surface area (Å²) in [6.45, 7) is 2.43. The molecule has 0 unspecified atom stereocenters. The largest absolute Gasteiger partial charge is 0.448 e. The van der Waals surface area contributed by atoms with Gasteiger partial charge < -0.3 is 9.64 Å². The highest BCUT2D eigenvalue weighted by Crippen LogP contribution is 2.41. The summed E-state index contributed by atoms with van der Waals surface area (Å²) in [6.07, 6.45) is -2.28. The lowest BCUT2D eigenvalue weighted by Crippen LogP contribution is -2.47. The standard InChI is InChI=1S/C25H25F3N4O4/c1-14-19(13-29)22(33)32(21-10-9-17-18(21)3-2-4-20(17)25(26,27)28)23(34)31(14)16-7-5-15(6-8-16)30-11-12-36-24(30)35/h2-4,15-16,21H,5-12H2,1H3/t15-,16-,21-/m1/s1. The number of nitriles is 1. The van der Waals surface area contributed by atoms with Crippen LogP contribution in [-0.2, 0) is 17.3 Å². The molecular weight excluding hydrogens is 477 g/mol. The van der Waals surface area contributed by atoms with Gasteiger partial charge in [0.25, 0.3) is 5.56 Å². The Morgan fingerprint density at radius 3 is 2.33 bits per heavy atom. The van der Waals surface area contributed by atoms with Gasteiger partial charge in [0.1, 0.15) is 18.2 Å². The smallest absolute Gasteiger partial charge is 0.416 e. The molecule has 2 aliphatic carbocycles. The Morgan fingerprint density at radius 2 is 1.72 bits per heavy atom. The molecule has 1 aromatic heterocycles. The number of aromatic nitrogens is 2. The zero-order valence-corrected chi connectivity index (χ0v) is 19.7. The van der Waals surface area contributed by atoms with Gasteiger partial charge in [0.05, 0.1) is 18.2 Å². The van der Waals surface area contributed by atoms with Crippen molar-refractivity contribution in [3.8, 4) is 6.07 Å². The fraction of sp³-hybridized carbons (Fsp3) is 0.520. The molecule has 8 nitrogen and oxygen atoms in total. The fourth-order valence-corrected chi connectivity index (χ4v) is 6.11. The van der Waals surface area contributed by atoms with Crippen molar-refractivity contribution in [1.29, 1.82) is 5.26 Å². The van der Waals surface area contributed by atoms with E-state index in [0.717, 1.165) is 10.6 Å². The number of benzene rings is 1. The maximum absolute atomic E-state index is 13.8. The van der Waals surface area contributed by atoms with Gasteiger partial charge in [-0.3, -0.25) is 13.9 Å². The van der Waals surface area contributed by atoms with Gasteiger partial charge in [-0.1, -0.05) is 12.1 Å². The van der Waals surface area contributed by atoms with E-state index < -0.39 is 29.0 Å². The minimum absolute atomic E-state index is 0.00361. The number of carbonyl (C=O) groups excluding carboxylic acids is 1. The van der Waals surface area contributed by atoms with Crippen LogP contribution < -0.4 is 11.2 Å². The SMILES string of the molecule is Cc1c(C#N)c(=O)n([C@@H]2CCc3c2cccc3C(F)(F)F)c(=O)n1[C@H]1CC[C@H](N2CCOC2=O)CC1. The number of hydrogen-bond donors (Lipinski definition) is 0. The average Bonchev–Trinajstić information content (AvgIpc) is 3.45. The number of carbonyl (C=O) groups is 1. The van der Waals surface area contributed by atoms with Crippen molar-refractivity contribution in [2.75, 3.05) is 13.2 Å². The van der Waals surface area contributed by atoms with Crippen LogP contribution in [0.1, 0.15) is 72.1 Å². The molecule has 0 N–H and O–H groups in total. The second-order valence-corrected chi connectivity index (χ2v) is 9.60. The van der Waals surface area contributed by atoms with Crippen molar-refractivity contribution in [3.05, 3.63) is 67.0 Å². The zero-order chi connectivity index (χ0) is 25.8. The first-order chi connectivity index (χ1) is 17.1. The summed E-state index contributed by atoms with van der Waals surface area (Å²) < 4.78 is 48.2. The highest BCUT2D eigenvalue weighted by atomic mass is 19.4. The van der Waals surface area contributed by atoms with Gasteiger partial charge in [0, 0.05) is 17.8 Å². The first-order valence-corrected chi connectivity index (χ1v) is 12.0. The number of alkyl halides is 3. The molecule has 1 saturated heterocycles. The molecule has 5 rings (SSSR count). The Hall–Kier alpha value is -3.55. The summed E-state index contributed by atoms with van der Waals surface area (Å²) >= 11 is 0. The Bertz CT molecular complexity index is 1380. The van der Waals surface area contributed by atoms with Gasteiger partial charge in [-0.25, -0.2) is 9.59 Å². The van der Waals surface area contributed by atoms with Crippen LogP contribution in [0, 0.1) is 18.3 Å². The second kappa shape index (κ2) is 8.84. The molecule has 36 heavy (non-hydrogen) atoms. The molecule has 0 bridgehead atoms. The molecule has 1 aromatic carbocycles. The van der Waals surface area contributed by atoms with Crippen molar-refractivity contribution in [1.82, 2.24) is 14.0 Å². The van der Waals surface area contributed by atoms with Crippen LogP contribution in [0.2, 0.25) is 0 Å². The van der Waals surface area contributed by atoms with Gasteiger partial charge in [0.2, 0.25) is 0 Å². The molecule has 1 saturated carbocycles. The quantitative estimate of drug-likeness (QED) is 0.638. The van der Waals surface area contributed by atoms with E-state index in [0.29, 0.717) is 44.4 Å². The van der Waals surface area contributed by atoms with Crippen LogP contribution in [-0.4, -0.2) is 39.3 Å². The molecule has 1 amide bonds. The van der Waals surface area contributed by atoms with Crippen LogP contribution >= 0.6 is 0 Å². The van der Waals surface area contributed by atoms with E-state index >= 15 is 0 Å². The lowest BCUT2D eigenvalue weighted by Gasteiger charge is -2.35. The predicted molar refractivity (Wildman–Crippen MR) is 122 cm³/mol. The Kier molecular flexibility index (Phi) is 5.93. The highest BCUT2D eigenvalue weighted by Gasteiger charge is 2.39. The molecule has 1 atom stereocenters. The molecule has 1 aliphatic heterocycles. The van der Waals surface area contributed by atoms with Gasteiger partial charge >= 0.3 is 18.0 Å². The lowest BCUT2D eigenvalue weighted by molar-refractivity contribution is -0.138. The van der Waals surface area contributed by atoms with E-state index in [1.54, 1.807) is 11.8 Å². The van der Waals surface area contributed by atoms with E-state index in [1.807, 2.05) is 6.07 Å². The summed E-state index contributed by atoms with van der Waals surface area (Å²) in [5, 5.41) is 9.76. The maximum atomic E-state index is 13.8. The maximum Gasteiger partial charge on any atom is 0.416 e. The third-order valence-electron chi connectivity index (χ3n) is 7.80. The average molecular weight is 502 g/mol. The Morgan fingerprint density at radius 1 is 1.03 bits per heavy atom. The Balaban J connectivity index is 1.55.